The summed E-state index contributed by atoms with van der Waals surface area (Å²) in [5.74, 6) is 0. The van der Waals surface area contributed by atoms with Gasteiger partial charge in [-0.1, -0.05) is 0 Å². The first kappa shape index (κ1) is 31.7. The van der Waals surface area contributed by atoms with Gasteiger partial charge in [0.1, 0.15) is 0 Å². The van der Waals surface area contributed by atoms with E-state index in [-0.39, 0.29) is 0 Å². The summed E-state index contributed by atoms with van der Waals surface area (Å²) in [7, 11) is -12.2. The maximum absolute atomic E-state index is 9.63. The molecule has 1 fully saturated rings. The lowest BCUT2D eigenvalue weighted by atomic mass is 10.4. The molecule has 1 heterocycles. The summed E-state index contributed by atoms with van der Waals surface area (Å²) in [5.41, 5.74) is 0. The van der Waals surface area contributed by atoms with Gasteiger partial charge in [-0.05, 0) is 59.8 Å². The highest BCUT2D eigenvalue weighted by atomic mass is 28.5. The zero-order valence-corrected chi connectivity index (χ0v) is 23.2. The SMILES string of the molecule is C1CCOC1.CCO[Si](O)(OCC)OCC.C[Si](C)(O)O[Si](C)(O)O[Si](C)(C)O. The molecule has 0 aromatic rings. The summed E-state index contributed by atoms with van der Waals surface area (Å²) < 4.78 is 29.9. The zero-order valence-electron chi connectivity index (χ0n) is 19.2. The Morgan fingerprint density at radius 1 is 0.655 bits per heavy atom. The van der Waals surface area contributed by atoms with Gasteiger partial charge in [-0.2, -0.15) is 0 Å². The van der Waals surface area contributed by atoms with E-state index in [4.69, 9.17) is 26.2 Å². The van der Waals surface area contributed by atoms with Gasteiger partial charge in [-0.3, -0.25) is 0 Å². The quantitative estimate of drug-likeness (QED) is 0.329. The lowest BCUT2D eigenvalue weighted by molar-refractivity contribution is 0.00144. The van der Waals surface area contributed by atoms with Crippen molar-refractivity contribution < 1.29 is 45.4 Å². The first-order chi connectivity index (χ1) is 13.1. The fraction of sp³-hybridized carbons (Fsp3) is 1.00. The van der Waals surface area contributed by atoms with Crippen molar-refractivity contribution in [2.45, 2.75) is 66.3 Å². The normalized spacial score (nSPS) is 15.3. The van der Waals surface area contributed by atoms with E-state index in [1.807, 2.05) is 0 Å². The van der Waals surface area contributed by atoms with Crippen LogP contribution in [0.25, 0.3) is 0 Å². The van der Waals surface area contributed by atoms with Gasteiger partial charge < -0.3 is 45.4 Å². The Balaban J connectivity index is 0. The zero-order chi connectivity index (χ0) is 23.2. The van der Waals surface area contributed by atoms with Crippen LogP contribution < -0.4 is 0 Å². The molecule has 1 rings (SSSR count). The van der Waals surface area contributed by atoms with Gasteiger partial charge in [-0.25, -0.2) is 0 Å². The minimum absolute atomic E-state index is 0.405. The van der Waals surface area contributed by atoms with Crippen LogP contribution in [0.15, 0.2) is 0 Å². The predicted octanol–water partition coefficient (Wildman–Crippen LogP) is 1.29. The maximum atomic E-state index is 9.63. The summed E-state index contributed by atoms with van der Waals surface area (Å²) >= 11 is 0. The van der Waals surface area contributed by atoms with Crippen LogP contribution >= 0.6 is 0 Å². The molecule has 0 aromatic carbocycles. The molecule has 29 heavy (non-hydrogen) atoms. The number of rotatable bonds is 10. The summed E-state index contributed by atoms with van der Waals surface area (Å²) in [4.78, 5) is 37.9. The highest BCUT2D eigenvalue weighted by Gasteiger charge is 2.42. The third kappa shape index (κ3) is 23.0. The monoisotopic (exact) mass is 494 g/mol. The van der Waals surface area contributed by atoms with Crippen LogP contribution in [-0.4, -0.2) is 87.2 Å². The standard InChI is InChI=1S/C6H16O4Si.C5H18O5Si3.C4H8O/c1-4-8-11(7,9-5-2)10-6-3;1-11(2,6)9-13(5,8)10-12(3,4)7;1-2-4-5-3-1/h7H,4-6H2,1-3H3;6-8H,1-5H3;1-4H2. The largest absolute Gasteiger partial charge is 0.676 e. The summed E-state index contributed by atoms with van der Waals surface area (Å²) in [6, 6.07) is 0. The van der Waals surface area contributed by atoms with Crippen molar-refractivity contribution in [3.63, 3.8) is 0 Å². The number of hydrogen-bond donors (Lipinski definition) is 4. The molecule has 1 aliphatic rings. The van der Waals surface area contributed by atoms with E-state index < -0.39 is 35.0 Å². The van der Waals surface area contributed by atoms with Crippen LogP contribution in [0.1, 0.15) is 33.6 Å². The van der Waals surface area contributed by atoms with Crippen molar-refractivity contribution in [2.24, 2.45) is 0 Å². The highest BCUT2D eigenvalue weighted by Crippen LogP contribution is 2.14. The molecule has 4 N–H and O–H groups in total. The molecular formula is C15H42O10Si4. The molecule has 0 aliphatic carbocycles. The first-order valence-electron chi connectivity index (χ1n) is 9.89. The Bertz CT molecular complexity index is 355. The molecule has 0 unspecified atom stereocenters. The molecule has 0 aromatic heterocycles. The fourth-order valence-corrected chi connectivity index (χ4v) is 11.4. The first-order valence-corrected chi connectivity index (χ1v) is 19.5. The van der Waals surface area contributed by atoms with Crippen LogP contribution in [0.2, 0.25) is 32.7 Å². The summed E-state index contributed by atoms with van der Waals surface area (Å²) in [6.07, 6.45) is 2.56. The molecule has 0 saturated carbocycles. The molecule has 1 saturated heterocycles. The van der Waals surface area contributed by atoms with Crippen LogP contribution in [-0.2, 0) is 26.2 Å². The second kappa shape index (κ2) is 15.3. The Hall–Kier alpha value is 0.468. The van der Waals surface area contributed by atoms with E-state index >= 15 is 0 Å². The molecule has 0 atom stereocenters. The molecule has 0 bridgehead atoms. The van der Waals surface area contributed by atoms with Crippen molar-refractivity contribution in [3.8, 4) is 0 Å². The van der Waals surface area contributed by atoms with Crippen molar-refractivity contribution >= 4 is 35.0 Å². The molecule has 0 radical (unpaired) electrons. The average molecular weight is 495 g/mol. The van der Waals surface area contributed by atoms with E-state index in [1.54, 1.807) is 20.8 Å². The van der Waals surface area contributed by atoms with Crippen molar-refractivity contribution in [1.82, 2.24) is 0 Å². The molecule has 14 heteroatoms. The van der Waals surface area contributed by atoms with E-state index in [0.717, 1.165) is 13.2 Å². The minimum Gasteiger partial charge on any atom is -0.411 e. The fourth-order valence-electron chi connectivity index (χ4n) is 2.13. The van der Waals surface area contributed by atoms with E-state index in [2.05, 4.69) is 0 Å². The minimum atomic E-state index is -3.35. The van der Waals surface area contributed by atoms with E-state index in [9.17, 15) is 19.2 Å². The van der Waals surface area contributed by atoms with Crippen molar-refractivity contribution in [3.05, 3.63) is 0 Å². The van der Waals surface area contributed by atoms with Gasteiger partial charge in [0.2, 0.25) is 0 Å². The number of ether oxygens (including phenoxy) is 1. The molecular weight excluding hydrogens is 452 g/mol. The van der Waals surface area contributed by atoms with E-state index in [0.29, 0.717) is 19.8 Å². The van der Waals surface area contributed by atoms with Crippen molar-refractivity contribution in [2.75, 3.05) is 33.0 Å². The van der Waals surface area contributed by atoms with Crippen molar-refractivity contribution in [1.29, 1.82) is 0 Å². The molecule has 0 spiro atoms. The molecule has 178 valence electrons. The van der Waals surface area contributed by atoms with Gasteiger partial charge in [-0.15, -0.1) is 0 Å². The number of hydrogen-bond acceptors (Lipinski definition) is 10. The van der Waals surface area contributed by atoms with Gasteiger partial charge in [0.25, 0.3) is 0 Å². The van der Waals surface area contributed by atoms with Crippen LogP contribution in [0, 0.1) is 0 Å². The third-order valence-corrected chi connectivity index (χ3v) is 11.7. The smallest absolute Gasteiger partial charge is 0.411 e. The Morgan fingerprint density at radius 3 is 1.14 bits per heavy atom. The summed E-state index contributed by atoms with van der Waals surface area (Å²) in [5, 5.41) is 0. The summed E-state index contributed by atoms with van der Waals surface area (Å²) in [6.45, 7) is 16.1. The van der Waals surface area contributed by atoms with E-state index in [1.165, 1.54) is 45.6 Å². The second-order valence-corrected chi connectivity index (χ2v) is 18.3. The van der Waals surface area contributed by atoms with Crippen LogP contribution in [0.4, 0.5) is 0 Å². The average Bonchev–Trinajstić information content (AvgIpc) is 3.02. The Morgan fingerprint density at radius 2 is 0.966 bits per heavy atom. The highest BCUT2D eigenvalue weighted by molar-refractivity contribution is 6.80. The predicted molar refractivity (Wildman–Crippen MR) is 118 cm³/mol. The van der Waals surface area contributed by atoms with Gasteiger partial charge in [0.05, 0.1) is 0 Å². The molecule has 1 aliphatic heterocycles. The lowest BCUT2D eigenvalue weighted by Gasteiger charge is -2.30. The maximum Gasteiger partial charge on any atom is 0.676 e. The third-order valence-electron chi connectivity index (χ3n) is 2.69. The second-order valence-electron chi connectivity index (χ2n) is 7.14. The Labute approximate surface area is 180 Å². The van der Waals surface area contributed by atoms with Gasteiger partial charge in [0, 0.05) is 39.6 Å². The lowest BCUT2D eigenvalue weighted by Crippen LogP contribution is -2.54. The molecule has 0 amide bonds. The van der Waals surface area contributed by atoms with Crippen LogP contribution in [0.3, 0.4) is 0 Å². The van der Waals surface area contributed by atoms with Crippen LogP contribution in [0.5, 0.6) is 0 Å². The molecule has 10 nitrogen and oxygen atoms in total. The van der Waals surface area contributed by atoms with Gasteiger partial charge in [0.15, 0.2) is 0 Å². The Kier molecular flexibility index (Phi) is 16.7. The van der Waals surface area contributed by atoms with Gasteiger partial charge >= 0.3 is 35.0 Å². The topological polar surface area (TPSA) is 136 Å².